The lowest BCUT2D eigenvalue weighted by Gasteiger charge is -2.18. The minimum absolute atomic E-state index is 0.255. The van der Waals surface area contributed by atoms with E-state index in [9.17, 15) is 23.2 Å². The average molecular weight is 390 g/mol. The van der Waals surface area contributed by atoms with E-state index in [0.29, 0.717) is 11.8 Å². The lowest BCUT2D eigenvalue weighted by atomic mass is 10.1. The van der Waals surface area contributed by atoms with Gasteiger partial charge in [0.15, 0.2) is 6.61 Å². The Labute approximate surface area is 161 Å². The molecule has 0 saturated heterocycles. The van der Waals surface area contributed by atoms with E-state index < -0.39 is 41.6 Å². The third-order valence-electron chi connectivity index (χ3n) is 4.03. The molecule has 0 aromatic heterocycles. The molecule has 2 amide bonds. The van der Waals surface area contributed by atoms with Crippen molar-refractivity contribution in [3.05, 3.63) is 64.7 Å². The van der Waals surface area contributed by atoms with Crippen LogP contribution in [0.5, 0.6) is 0 Å². The second-order valence-electron chi connectivity index (χ2n) is 6.27. The van der Waals surface area contributed by atoms with Crippen LogP contribution < -0.4 is 5.32 Å². The Balaban J connectivity index is 1.88. The van der Waals surface area contributed by atoms with Gasteiger partial charge < -0.3 is 15.0 Å². The number of esters is 1. The summed E-state index contributed by atoms with van der Waals surface area (Å²) in [4.78, 5) is 37.1. The summed E-state index contributed by atoms with van der Waals surface area (Å²) in [6, 6.07) is 7.96. The number of aryl methyl sites for hydroxylation is 2. The van der Waals surface area contributed by atoms with Gasteiger partial charge in [-0.05, 0) is 37.1 Å². The van der Waals surface area contributed by atoms with E-state index in [1.165, 1.54) is 7.05 Å². The number of carbonyl (C=O) groups is 3. The van der Waals surface area contributed by atoms with Crippen molar-refractivity contribution in [3.63, 3.8) is 0 Å². The van der Waals surface area contributed by atoms with Gasteiger partial charge >= 0.3 is 5.97 Å². The Morgan fingerprint density at radius 2 is 1.71 bits per heavy atom. The molecule has 0 fully saturated rings. The maximum atomic E-state index is 13.5. The Hall–Kier alpha value is -3.29. The SMILES string of the molecule is Cc1cccc(C)c1NC(=O)CN(C)C(=O)COC(=O)c1ccc(F)cc1F. The number of carbonyl (C=O) groups excluding carboxylic acids is 3. The zero-order valence-electron chi connectivity index (χ0n) is 15.7. The van der Waals surface area contributed by atoms with Crippen LogP contribution in [-0.4, -0.2) is 42.9 Å². The first-order valence-corrected chi connectivity index (χ1v) is 8.41. The van der Waals surface area contributed by atoms with Gasteiger partial charge in [0.05, 0.1) is 12.1 Å². The van der Waals surface area contributed by atoms with Crippen molar-refractivity contribution in [1.29, 1.82) is 0 Å². The Morgan fingerprint density at radius 1 is 1.07 bits per heavy atom. The summed E-state index contributed by atoms with van der Waals surface area (Å²) in [5, 5.41) is 2.74. The first kappa shape index (κ1) is 21.0. The van der Waals surface area contributed by atoms with Crippen LogP contribution in [0.4, 0.5) is 14.5 Å². The molecule has 0 aliphatic heterocycles. The third-order valence-corrected chi connectivity index (χ3v) is 4.03. The fourth-order valence-electron chi connectivity index (χ4n) is 2.46. The van der Waals surface area contributed by atoms with Gasteiger partial charge in [0.25, 0.3) is 5.91 Å². The van der Waals surface area contributed by atoms with Crippen molar-refractivity contribution in [2.24, 2.45) is 0 Å². The maximum Gasteiger partial charge on any atom is 0.341 e. The molecule has 0 spiro atoms. The number of ether oxygens (including phenoxy) is 1. The molecule has 2 aromatic rings. The van der Waals surface area contributed by atoms with Gasteiger partial charge in [-0.2, -0.15) is 0 Å². The quantitative estimate of drug-likeness (QED) is 0.770. The van der Waals surface area contributed by atoms with E-state index in [0.717, 1.165) is 28.2 Å². The molecule has 0 unspecified atom stereocenters. The fraction of sp³-hybridized carbons (Fsp3) is 0.250. The van der Waals surface area contributed by atoms with Crippen molar-refractivity contribution >= 4 is 23.5 Å². The van der Waals surface area contributed by atoms with E-state index in [1.807, 2.05) is 32.0 Å². The summed E-state index contributed by atoms with van der Waals surface area (Å²) in [5.74, 6) is -4.07. The zero-order valence-corrected chi connectivity index (χ0v) is 15.7. The summed E-state index contributed by atoms with van der Waals surface area (Å²) in [5.41, 5.74) is 1.96. The number of likely N-dealkylation sites (N-methyl/N-ethyl adjacent to an activating group) is 1. The molecule has 0 radical (unpaired) electrons. The predicted octanol–water partition coefficient (Wildman–Crippen LogP) is 2.84. The maximum absolute atomic E-state index is 13.5. The van der Waals surface area contributed by atoms with Gasteiger partial charge in [0.2, 0.25) is 5.91 Å². The number of hydrogen-bond acceptors (Lipinski definition) is 4. The van der Waals surface area contributed by atoms with Gasteiger partial charge in [0.1, 0.15) is 11.6 Å². The molecule has 148 valence electrons. The number of para-hydroxylation sites is 1. The van der Waals surface area contributed by atoms with Crippen LogP contribution in [0.3, 0.4) is 0 Å². The zero-order chi connectivity index (χ0) is 20.8. The molecule has 0 atom stereocenters. The minimum Gasteiger partial charge on any atom is -0.452 e. The Kier molecular flexibility index (Phi) is 6.81. The molecular weight excluding hydrogens is 370 g/mol. The van der Waals surface area contributed by atoms with Crippen LogP contribution >= 0.6 is 0 Å². The Morgan fingerprint density at radius 3 is 2.32 bits per heavy atom. The molecule has 0 heterocycles. The van der Waals surface area contributed by atoms with E-state index in [4.69, 9.17) is 4.74 Å². The first-order valence-electron chi connectivity index (χ1n) is 8.41. The van der Waals surface area contributed by atoms with Crippen LogP contribution in [0.25, 0.3) is 0 Å². The number of nitrogens with one attached hydrogen (secondary N) is 1. The molecule has 0 saturated carbocycles. The Bertz CT molecular complexity index is 895. The molecule has 0 bridgehead atoms. The van der Waals surface area contributed by atoms with Crippen molar-refractivity contribution < 1.29 is 27.9 Å². The second-order valence-corrected chi connectivity index (χ2v) is 6.27. The fourth-order valence-corrected chi connectivity index (χ4v) is 2.46. The molecule has 2 rings (SSSR count). The highest BCUT2D eigenvalue weighted by atomic mass is 19.1. The number of nitrogens with zero attached hydrogens (tertiary/aromatic N) is 1. The number of halogens is 2. The standard InChI is InChI=1S/C20H20F2N2O4/c1-12-5-4-6-13(2)19(12)23-17(25)10-24(3)18(26)11-28-20(27)15-8-7-14(21)9-16(15)22/h4-9H,10-11H2,1-3H3,(H,23,25). The van der Waals surface area contributed by atoms with Crippen molar-refractivity contribution in [2.45, 2.75) is 13.8 Å². The van der Waals surface area contributed by atoms with Gasteiger partial charge in [-0.3, -0.25) is 9.59 Å². The molecular formula is C20H20F2N2O4. The number of hydrogen-bond donors (Lipinski definition) is 1. The molecule has 0 aliphatic rings. The summed E-state index contributed by atoms with van der Waals surface area (Å²) in [6.45, 7) is 2.77. The molecule has 0 aliphatic carbocycles. The third kappa shape index (κ3) is 5.35. The summed E-state index contributed by atoms with van der Waals surface area (Å²) in [7, 11) is 1.37. The smallest absolute Gasteiger partial charge is 0.341 e. The number of anilines is 1. The second kappa shape index (κ2) is 9.07. The van der Waals surface area contributed by atoms with Gasteiger partial charge in [-0.15, -0.1) is 0 Å². The van der Waals surface area contributed by atoms with Crippen LogP contribution in [0, 0.1) is 25.5 Å². The lowest BCUT2D eigenvalue weighted by Crippen LogP contribution is -2.37. The summed E-state index contributed by atoms with van der Waals surface area (Å²) in [6.07, 6.45) is 0. The highest BCUT2D eigenvalue weighted by Gasteiger charge is 2.19. The predicted molar refractivity (Wildman–Crippen MR) is 98.8 cm³/mol. The molecule has 6 nitrogen and oxygen atoms in total. The van der Waals surface area contributed by atoms with Crippen molar-refractivity contribution in [3.8, 4) is 0 Å². The number of benzene rings is 2. The summed E-state index contributed by atoms with van der Waals surface area (Å²) >= 11 is 0. The van der Waals surface area contributed by atoms with E-state index in [-0.39, 0.29) is 6.54 Å². The van der Waals surface area contributed by atoms with Gasteiger partial charge in [-0.1, -0.05) is 18.2 Å². The van der Waals surface area contributed by atoms with Crippen molar-refractivity contribution in [2.75, 3.05) is 25.5 Å². The van der Waals surface area contributed by atoms with Crippen LogP contribution in [0.15, 0.2) is 36.4 Å². The monoisotopic (exact) mass is 390 g/mol. The summed E-state index contributed by atoms with van der Waals surface area (Å²) < 4.78 is 31.2. The van der Waals surface area contributed by atoms with Gasteiger partial charge in [-0.25, -0.2) is 13.6 Å². The lowest BCUT2D eigenvalue weighted by molar-refractivity contribution is -0.136. The van der Waals surface area contributed by atoms with E-state index in [1.54, 1.807) is 0 Å². The molecule has 2 aromatic carbocycles. The molecule has 8 heteroatoms. The average Bonchev–Trinajstić information content (AvgIpc) is 2.62. The van der Waals surface area contributed by atoms with Crippen LogP contribution in [0.1, 0.15) is 21.5 Å². The molecule has 1 N–H and O–H groups in total. The van der Waals surface area contributed by atoms with Crippen molar-refractivity contribution in [1.82, 2.24) is 4.90 Å². The topological polar surface area (TPSA) is 75.7 Å². The highest BCUT2D eigenvalue weighted by molar-refractivity contribution is 5.96. The first-order chi connectivity index (χ1) is 13.2. The minimum atomic E-state index is -1.10. The molecule has 28 heavy (non-hydrogen) atoms. The number of amides is 2. The van der Waals surface area contributed by atoms with E-state index in [2.05, 4.69) is 5.32 Å². The van der Waals surface area contributed by atoms with Crippen LogP contribution in [-0.2, 0) is 14.3 Å². The number of rotatable bonds is 6. The van der Waals surface area contributed by atoms with Crippen LogP contribution in [0.2, 0.25) is 0 Å². The van der Waals surface area contributed by atoms with Gasteiger partial charge in [0, 0.05) is 18.8 Å². The largest absolute Gasteiger partial charge is 0.452 e. The van der Waals surface area contributed by atoms with E-state index >= 15 is 0 Å². The highest BCUT2D eigenvalue weighted by Crippen LogP contribution is 2.19. The normalized spacial score (nSPS) is 10.3.